The summed E-state index contributed by atoms with van der Waals surface area (Å²) in [6.07, 6.45) is 3.78. The van der Waals surface area contributed by atoms with Gasteiger partial charge in [-0.1, -0.05) is 11.6 Å². The van der Waals surface area contributed by atoms with Crippen LogP contribution in [-0.4, -0.2) is 21.9 Å². The Morgan fingerprint density at radius 1 is 1.21 bits per heavy atom. The molecule has 7 heteroatoms. The first-order chi connectivity index (χ1) is 11.6. The molecular weight excluding hydrogens is 333 g/mol. The second kappa shape index (κ2) is 7.31. The zero-order valence-corrected chi connectivity index (χ0v) is 13.5. The van der Waals surface area contributed by atoms with E-state index in [4.69, 9.17) is 16.3 Å². The average Bonchev–Trinajstić information content (AvgIpc) is 2.97. The summed E-state index contributed by atoms with van der Waals surface area (Å²) >= 11 is 5.92. The van der Waals surface area contributed by atoms with E-state index < -0.39 is 0 Å². The number of imidazole rings is 1. The van der Waals surface area contributed by atoms with Gasteiger partial charge in [-0.25, -0.2) is 9.37 Å². The van der Waals surface area contributed by atoms with Crippen molar-refractivity contribution in [3.63, 3.8) is 0 Å². The Hall–Kier alpha value is -2.60. The third kappa shape index (κ3) is 4.23. The minimum Gasteiger partial charge on any atom is -0.493 e. The summed E-state index contributed by atoms with van der Waals surface area (Å²) in [7, 11) is 0. The quantitative estimate of drug-likeness (QED) is 0.745. The molecule has 0 aliphatic rings. The highest BCUT2D eigenvalue weighted by molar-refractivity contribution is 6.30. The van der Waals surface area contributed by atoms with Crippen LogP contribution in [0.3, 0.4) is 0 Å². The van der Waals surface area contributed by atoms with Crippen molar-refractivity contribution in [1.29, 1.82) is 0 Å². The third-order valence-corrected chi connectivity index (χ3v) is 3.57. The van der Waals surface area contributed by atoms with Crippen molar-refractivity contribution in [2.24, 2.45) is 0 Å². The van der Waals surface area contributed by atoms with E-state index in [0.717, 1.165) is 11.3 Å². The summed E-state index contributed by atoms with van der Waals surface area (Å²) in [6.45, 7) is 0.549. The molecule has 1 N–H and O–H groups in total. The van der Waals surface area contributed by atoms with Gasteiger partial charge in [-0.15, -0.1) is 0 Å². The number of carbonyl (C=O) groups excluding carboxylic acids is 1. The van der Waals surface area contributed by atoms with Crippen LogP contribution in [0.2, 0.25) is 5.02 Å². The molecule has 0 radical (unpaired) electrons. The number of hydrogen-bond acceptors (Lipinski definition) is 3. The first kappa shape index (κ1) is 16.3. The Bertz CT molecular complexity index is 849. The van der Waals surface area contributed by atoms with Crippen LogP contribution < -0.4 is 10.1 Å². The predicted molar refractivity (Wildman–Crippen MR) is 88.6 cm³/mol. The lowest BCUT2D eigenvalue weighted by atomic mass is 10.3. The number of rotatable bonds is 6. The van der Waals surface area contributed by atoms with Crippen molar-refractivity contribution in [2.75, 3.05) is 6.61 Å². The van der Waals surface area contributed by atoms with Crippen LogP contribution in [0.1, 0.15) is 12.1 Å². The highest BCUT2D eigenvalue weighted by Gasteiger charge is 2.06. The Balaban J connectivity index is 1.45. The lowest BCUT2D eigenvalue weighted by Crippen LogP contribution is -2.24. The number of nitrogens with one attached hydrogen (secondary N) is 1. The first-order valence-corrected chi connectivity index (χ1v) is 7.76. The normalized spacial score (nSPS) is 10.8. The molecule has 0 aliphatic heterocycles. The number of ether oxygens (including phenoxy) is 1. The van der Waals surface area contributed by atoms with Crippen molar-refractivity contribution in [2.45, 2.75) is 13.0 Å². The van der Waals surface area contributed by atoms with Gasteiger partial charge in [-0.3, -0.25) is 4.79 Å². The van der Waals surface area contributed by atoms with Crippen molar-refractivity contribution >= 4 is 23.2 Å². The van der Waals surface area contributed by atoms with Gasteiger partial charge in [-0.05, 0) is 36.4 Å². The van der Waals surface area contributed by atoms with Crippen LogP contribution in [0.25, 0.3) is 5.65 Å². The summed E-state index contributed by atoms with van der Waals surface area (Å²) in [6, 6.07) is 9.24. The van der Waals surface area contributed by atoms with Gasteiger partial charge in [0.2, 0.25) is 5.91 Å². The molecule has 0 atom stereocenters. The van der Waals surface area contributed by atoms with Gasteiger partial charge in [0.1, 0.15) is 17.2 Å². The SMILES string of the molecule is O=C(CCOc1ccc(F)cc1)NCc1cn2cc(Cl)ccc2n1. The van der Waals surface area contributed by atoms with Crippen molar-refractivity contribution in [1.82, 2.24) is 14.7 Å². The number of pyridine rings is 1. The number of halogens is 2. The molecule has 1 aromatic carbocycles. The molecule has 0 fully saturated rings. The predicted octanol–water partition coefficient (Wildman–Crippen LogP) is 3.21. The van der Waals surface area contributed by atoms with Gasteiger partial charge in [0.25, 0.3) is 0 Å². The summed E-state index contributed by atoms with van der Waals surface area (Å²) in [5.74, 6) is 0.0578. The van der Waals surface area contributed by atoms with E-state index in [0.29, 0.717) is 17.3 Å². The number of amides is 1. The maximum Gasteiger partial charge on any atom is 0.223 e. The summed E-state index contributed by atoms with van der Waals surface area (Å²) in [4.78, 5) is 16.2. The summed E-state index contributed by atoms with van der Waals surface area (Å²) in [5.41, 5.74) is 1.51. The van der Waals surface area contributed by atoms with Crippen LogP contribution in [-0.2, 0) is 11.3 Å². The topological polar surface area (TPSA) is 55.6 Å². The molecular formula is C17H15ClFN3O2. The van der Waals surface area contributed by atoms with E-state index in [-0.39, 0.29) is 24.8 Å². The molecule has 0 saturated carbocycles. The minimum absolute atomic E-state index is 0.146. The molecule has 0 spiro atoms. The Morgan fingerprint density at radius 3 is 2.79 bits per heavy atom. The lowest BCUT2D eigenvalue weighted by Gasteiger charge is -2.06. The van der Waals surface area contributed by atoms with E-state index >= 15 is 0 Å². The molecule has 0 saturated heterocycles. The van der Waals surface area contributed by atoms with Gasteiger partial charge in [0.15, 0.2) is 0 Å². The summed E-state index contributed by atoms with van der Waals surface area (Å²) < 4.78 is 20.0. The Morgan fingerprint density at radius 2 is 2.00 bits per heavy atom. The maximum atomic E-state index is 12.8. The number of aromatic nitrogens is 2. The van der Waals surface area contributed by atoms with Crippen molar-refractivity contribution in [3.05, 3.63) is 65.3 Å². The molecule has 0 unspecified atom stereocenters. The molecule has 3 aromatic rings. The van der Waals surface area contributed by atoms with Crippen molar-refractivity contribution < 1.29 is 13.9 Å². The Labute approximate surface area is 143 Å². The largest absolute Gasteiger partial charge is 0.493 e. The zero-order chi connectivity index (χ0) is 16.9. The van der Waals surface area contributed by atoms with Crippen LogP contribution >= 0.6 is 11.6 Å². The molecule has 2 aromatic heterocycles. The standard InChI is InChI=1S/C17H15ClFN3O2/c18-12-1-6-16-21-14(11-22(16)10-12)9-20-17(23)7-8-24-15-4-2-13(19)3-5-15/h1-6,10-11H,7-9H2,(H,20,23). The smallest absolute Gasteiger partial charge is 0.223 e. The molecule has 2 heterocycles. The third-order valence-electron chi connectivity index (χ3n) is 3.34. The number of fused-ring (bicyclic) bond motifs is 1. The van der Waals surface area contributed by atoms with E-state index in [1.54, 1.807) is 12.3 Å². The lowest BCUT2D eigenvalue weighted by molar-refractivity contribution is -0.121. The van der Waals surface area contributed by atoms with Gasteiger partial charge in [0.05, 0.1) is 30.3 Å². The van der Waals surface area contributed by atoms with E-state index in [2.05, 4.69) is 10.3 Å². The Kier molecular flexibility index (Phi) is 4.96. The molecule has 5 nitrogen and oxygen atoms in total. The highest BCUT2D eigenvalue weighted by atomic mass is 35.5. The highest BCUT2D eigenvalue weighted by Crippen LogP contribution is 2.12. The maximum absolute atomic E-state index is 12.8. The number of benzene rings is 1. The fraction of sp³-hybridized carbons (Fsp3) is 0.176. The average molecular weight is 348 g/mol. The molecule has 124 valence electrons. The van der Waals surface area contributed by atoms with Gasteiger partial charge >= 0.3 is 0 Å². The van der Waals surface area contributed by atoms with E-state index in [1.807, 2.05) is 16.7 Å². The summed E-state index contributed by atoms with van der Waals surface area (Å²) in [5, 5.41) is 3.40. The molecule has 0 aliphatic carbocycles. The van der Waals surface area contributed by atoms with Gasteiger partial charge in [0, 0.05) is 12.4 Å². The fourth-order valence-corrected chi connectivity index (χ4v) is 2.34. The molecule has 3 rings (SSSR count). The van der Waals surface area contributed by atoms with Crippen LogP contribution in [0, 0.1) is 5.82 Å². The first-order valence-electron chi connectivity index (χ1n) is 7.38. The zero-order valence-electron chi connectivity index (χ0n) is 12.7. The second-order valence-electron chi connectivity index (χ2n) is 5.17. The second-order valence-corrected chi connectivity index (χ2v) is 5.61. The molecule has 1 amide bonds. The molecule has 0 bridgehead atoms. The van der Waals surface area contributed by atoms with Gasteiger partial charge in [-0.2, -0.15) is 0 Å². The minimum atomic E-state index is -0.325. The monoisotopic (exact) mass is 347 g/mol. The van der Waals surface area contributed by atoms with Crippen LogP contribution in [0.5, 0.6) is 5.75 Å². The van der Waals surface area contributed by atoms with Gasteiger partial charge < -0.3 is 14.5 Å². The van der Waals surface area contributed by atoms with E-state index in [1.165, 1.54) is 24.3 Å². The van der Waals surface area contributed by atoms with E-state index in [9.17, 15) is 9.18 Å². The van der Waals surface area contributed by atoms with Crippen LogP contribution in [0.4, 0.5) is 4.39 Å². The number of nitrogens with zero attached hydrogens (tertiary/aromatic N) is 2. The number of carbonyl (C=O) groups is 1. The van der Waals surface area contributed by atoms with Crippen LogP contribution in [0.15, 0.2) is 48.8 Å². The number of hydrogen-bond donors (Lipinski definition) is 1. The fourth-order valence-electron chi connectivity index (χ4n) is 2.17. The van der Waals surface area contributed by atoms with Crippen molar-refractivity contribution in [3.8, 4) is 5.75 Å². The molecule has 24 heavy (non-hydrogen) atoms.